The number of carbonyl (C=O) groups excluding carboxylic acids is 1. The van der Waals surface area contributed by atoms with E-state index in [4.69, 9.17) is 10.5 Å². The van der Waals surface area contributed by atoms with E-state index in [1.165, 1.54) is 18.6 Å². The standard InChI is InChI=1S/C11H17N3O2S2/c1-7-13-10(18-14-7)17-8-4-3-5-11(12,6-8)9(15)16-2/h8H,3-6,12H2,1-2H3. The SMILES string of the molecule is COC(=O)C1(N)CCCC(Sc2nc(C)ns2)C1. The molecule has 1 heterocycles. The predicted octanol–water partition coefficient (Wildman–Crippen LogP) is 1.75. The fourth-order valence-corrected chi connectivity index (χ4v) is 4.46. The van der Waals surface area contributed by atoms with E-state index in [9.17, 15) is 4.79 Å². The smallest absolute Gasteiger partial charge is 0.325 e. The molecule has 2 rings (SSSR count). The fraction of sp³-hybridized carbons (Fsp3) is 0.727. The van der Waals surface area contributed by atoms with Gasteiger partial charge < -0.3 is 10.5 Å². The van der Waals surface area contributed by atoms with Gasteiger partial charge >= 0.3 is 5.97 Å². The van der Waals surface area contributed by atoms with Gasteiger partial charge in [0.05, 0.1) is 7.11 Å². The lowest BCUT2D eigenvalue weighted by Gasteiger charge is -2.34. The molecule has 100 valence electrons. The molecule has 1 saturated carbocycles. The molecule has 1 aromatic heterocycles. The van der Waals surface area contributed by atoms with Crippen LogP contribution >= 0.6 is 23.3 Å². The van der Waals surface area contributed by atoms with Crippen molar-refractivity contribution in [1.29, 1.82) is 0 Å². The zero-order valence-corrected chi connectivity index (χ0v) is 12.1. The summed E-state index contributed by atoms with van der Waals surface area (Å²) in [4.78, 5) is 16.0. The number of rotatable bonds is 3. The molecule has 18 heavy (non-hydrogen) atoms. The Hall–Kier alpha value is -0.660. The highest BCUT2D eigenvalue weighted by Gasteiger charge is 2.40. The van der Waals surface area contributed by atoms with Gasteiger partial charge in [0.1, 0.15) is 11.4 Å². The summed E-state index contributed by atoms with van der Waals surface area (Å²) in [5, 5.41) is 0.315. The van der Waals surface area contributed by atoms with Crippen LogP contribution in [0.25, 0.3) is 0 Å². The molecular weight excluding hydrogens is 270 g/mol. The number of ether oxygens (including phenoxy) is 1. The molecular formula is C11H17N3O2S2. The van der Waals surface area contributed by atoms with Crippen molar-refractivity contribution in [2.24, 2.45) is 5.73 Å². The number of aryl methyl sites for hydroxylation is 1. The minimum Gasteiger partial charge on any atom is -0.468 e. The maximum Gasteiger partial charge on any atom is 0.325 e. The van der Waals surface area contributed by atoms with Crippen molar-refractivity contribution in [2.75, 3.05) is 7.11 Å². The van der Waals surface area contributed by atoms with Gasteiger partial charge in [0.25, 0.3) is 0 Å². The number of nitrogens with two attached hydrogens (primary N) is 1. The minimum atomic E-state index is -0.829. The first-order valence-corrected chi connectivity index (χ1v) is 7.53. The van der Waals surface area contributed by atoms with Crippen molar-refractivity contribution in [3.63, 3.8) is 0 Å². The first-order valence-electron chi connectivity index (χ1n) is 5.88. The summed E-state index contributed by atoms with van der Waals surface area (Å²) in [5.74, 6) is 0.492. The van der Waals surface area contributed by atoms with Crippen molar-refractivity contribution in [2.45, 2.75) is 47.7 Å². The number of hydrogen-bond donors (Lipinski definition) is 1. The van der Waals surface area contributed by atoms with Gasteiger partial charge in [-0.3, -0.25) is 4.79 Å². The van der Waals surface area contributed by atoms with Crippen LogP contribution in [0.5, 0.6) is 0 Å². The van der Waals surface area contributed by atoms with E-state index >= 15 is 0 Å². The summed E-state index contributed by atoms with van der Waals surface area (Å²) in [7, 11) is 1.39. The normalized spacial score (nSPS) is 28.1. The molecule has 1 aliphatic rings. The Balaban J connectivity index is 2.00. The average Bonchev–Trinajstić information content (AvgIpc) is 2.73. The summed E-state index contributed by atoms with van der Waals surface area (Å²) in [6.45, 7) is 1.88. The van der Waals surface area contributed by atoms with E-state index in [1.54, 1.807) is 11.8 Å². The second-order valence-electron chi connectivity index (χ2n) is 4.59. The molecule has 0 radical (unpaired) electrons. The molecule has 0 amide bonds. The van der Waals surface area contributed by atoms with Crippen molar-refractivity contribution < 1.29 is 9.53 Å². The molecule has 0 aliphatic heterocycles. The summed E-state index contributed by atoms with van der Waals surface area (Å²) in [5.41, 5.74) is 5.31. The van der Waals surface area contributed by atoms with E-state index in [-0.39, 0.29) is 5.97 Å². The van der Waals surface area contributed by atoms with Crippen LogP contribution in [0.3, 0.4) is 0 Å². The van der Waals surface area contributed by atoms with Crippen LogP contribution < -0.4 is 5.73 Å². The third kappa shape index (κ3) is 3.02. The largest absolute Gasteiger partial charge is 0.468 e. The third-order valence-corrected chi connectivity index (χ3v) is 5.25. The van der Waals surface area contributed by atoms with Gasteiger partial charge in [-0.2, -0.15) is 4.37 Å². The first-order chi connectivity index (χ1) is 8.53. The van der Waals surface area contributed by atoms with E-state index in [2.05, 4.69) is 9.36 Å². The van der Waals surface area contributed by atoms with Crippen LogP contribution in [-0.4, -0.2) is 33.2 Å². The lowest BCUT2D eigenvalue weighted by molar-refractivity contribution is -0.148. The van der Waals surface area contributed by atoms with Crippen LogP contribution in [0.1, 0.15) is 31.5 Å². The van der Waals surface area contributed by atoms with Crippen molar-refractivity contribution in [3.05, 3.63) is 5.82 Å². The summed E-state index contributed by atoms with van der Waals surface area (Å²) < 4.78 is 9.90. The molecule has 0 aromatic carbocycles. The number of carbonyl (C=O) groups is 1. The molecule has 5 nitrogen and oxygen atoms in total. The molecule has 1 aromatic rings. The minimum absolute atomic E-state index is 0.304. The number of hydrogen-bond acceptors (Lipinski definition) is 7. The second kappa shape index (κ2) is 5.54. The van der Waals surface area contributed by atoms with Crippen molar-refractivity contribution in [1.82, 2.24) is 9.36 Å². The third-order valence-electron chi connectivity index (χ3n) is 3.11. The zero-order valence-electron chi connectivity index (χ0n) is 10.5. The van der Waals surface area contributed by atoms with Crippen molar-refractivity contribution in [3.8, 4) is 0 Å². The van der Waals surface area contributed by atoms with Gasteiger partial charge in [-0.1, -0.05) is 11.8 Å². The van der Waals surface area contributed by atoms with Gasteiger partial charge in [0, 0.05) is 5.25 Å². The average molecular weight is 287 g/mol. The Kier molecular flexibility index (Phi) is 4.24. The van der Waals surface area contributed by atoms with Gasteiger partial charge in [-0.25, -0.2) is 4.98 Å². The Morgan fingerprint density at radius 2 is 2.44 bits per heavy atom. The highest BCUT2D eigenvalue weighted by molar-refractivity contribution is 8.01. The van der Waals surface area contributed by atoms with Gasteiger partial charge in [-0.05, 0) is 44.1 Å². The molecule has 0 bridgehead atoms. The highest BCUT2D eigenvalue weighted by atomic mass is 32.2. The molecule has 0 saturated heterocycles. The molecule has 2 atom stereocenters. The lowest BCUT2D eigenvalue weighted by atomic mass is 9.82. The van der Waals surface area contributed by atoms with E-state index in [0.29, 0.717) is 18.1 Å². The van der Waals surface area contributed by atoms with Crippen LogP contribution in [0.4, 0.5) is 0 Å². The molecule has 7 heteroatoms. The van der Waals surface area contributed by atoms with Crippen LogP contribution in [0, 0.1) is 6.92 Å². The van der Waals surface area contributed by atoms with E-state index < -0.39 is 5.54 Å². The van der Waals surface area contributed by atoms with E-state index in [0.717, 1.165) is 23.0 Å². The topological polar surface area (TPSA) is 78.1 Å². The summed E-state index contributed by atoms with van der Waals surface area (Å²) in [6, 6.07) is 0. The number of aromatic nitrogens is 2. The molecule has 1 aliphatic carbocycles. The number of methoxy groups -OCH3 is 1. The van der Waals surface area contributed by atoms with Gasteiger partial charge in [0.15, 0.2) is 4.34 Å². The lowest BCUT2D eigenvalue weighted by Crippen LogP contribution is -2.52. The molecule has 1 fully saturated rings. The quantitative estimate of drug-likeness (QED) is 0.853. The number of esters is 1. The number of nitrogens with zero attached hydrogens (tertiary/aromatic N) is 2. The first kappa shape index (κ1) is 13.8. The Labute approximate surface area is 115 Å². The molecule has 2 unspecified atom stereocenters. The molecule has 2 N–H and O–H groups in total. The fourth-order valence-electron chi connectivity index (χ4n) is 2.21. The highest BCUT2D eigenvalue weighted by Crippen LogP contribution is 2.38. The van der Waals surface area contributed by atoms with Crippen LogP contribution in [-0.2, 0) is 9.53 Å². The zero-order chi connectivity index (χ0) is 13.2. The van der Waals surface area contributed by atoms with Crippen LogP contribution in [0.2, 0.25) is 0 Å². The Bertz CT molecular complexity index is 438. The predicted molar refractivity (Wildman–Crippen MR) is 71.7 cm³/mol. The molecule has 0 spiro atoms. The summed E-state index contributed by atoms with van der Waals surface area (Å²) in [6.07, 6.45) is 3.34. The maximum atomic E-state index is 11.7. The van der Waals surface area contributed by atoms with E-state index in [1.807, 2.05) is 6.92 Å². The Morgan fingerprint density at radius 3 is 3.06 bits per heavy atom. The monoisotopic (exact) mass is 287 g/mol. The number of thioether (sulfide) groups is 1. The van der Waals surface area contributed by atoms with Crippen LogP contribution in [0.15, 0.2) is 4.34 Å². The van der Waals surface area contributed by atoms with Gasteiger partial charge in [0.2, 0.25) is 0 Å². The Morgan fingerprint density at radius 1 is 1.67 bits per heavy atom. The summed E-state index contributed by atoms with van der Waals surface area (Å²) >= 11 is 3.08. The second-order valence-corrected chi connectivity index (χ2v) is 6.89. The maximum absolute atomic E-state index is 11.7. The van der Waals surface area contributed by atoms with Crippen molar-refractivity contribution >= 4 is 29.3 Å². The van der Waals surface area contributed by atoms with Gasteiger partial charge in [-0.15, -0.1) is 0 Å².